The summed E-state index contributed by atoms with van der Waals surface area (Å²) in [6, 6.07) is 12.6. The molecule has 0 aliphatic heterocycles. The molecule has 0 saturated carbocycles. The van der Waals surface area contributed by atoms with Crippen LogP contribution in [0.4, 0.5) is 10.1 Å². The second-order valence-electron chi connectivity index (χ2n) is 4.01. The molecule has 2 rings (SSSR count). The number of rotatable bonds is 2. The van der Waals surface area contributed by atoms with Gasteiger partial charge in [0, 0.05) is 5.69 Å². The first-order chi connectivity index (χ1) is 7.65. The van der Waals surface area contributed by atoms with Crippen LogP contribution in [0.1, 0.15) is 16.7 Å². The van der Waals surface area contributed by atoms with Crippen LogP contribution < -0.4 is 5.73 Å². The summed E-state index contributed by atoms with van der Waals surface area (Å²) < 4.78 is 13.0. The van der Waals surface area contributed by atoms with Crippen LogP contribution in [0.3, 0.4) is 0 Å². The standard InChI is InChI=1S/C14H14FN/c1-10-5-6-12(14(16)7-10)8-11-3-2-4-13(15)9-11/h2-7,9H,8,16H2,1H3. The average molecular weight is 215 g/mol. The van der Waals surface area contributed by atoms with Gasteiger partial charge in [0.15, 0.2) is 0 Å². The van der Waals surface area contributed by atoms with Gasteiger partial charge in [-0.2, -0.15) is 0 Å². The van der Waals surface area contributed by atoms with Crippen LogP contribution in [-0.4, -0.2) is 0 Å². The van der Waals surface area contributed by atoms with E-state index in [1.54, 1.807) is 12.1 Å². The smallest absolute Gasteiger partial charge is 0.123 e. The van der Waals surface area contributed by atoms with E-state index >= 15 is 0 Å². The Bertz CT molecular complexity index is 506. The molecule has 82 valence electrons. The lowest BCUT2D eigenvalue weighted by Crippen LogP contribution is -1.96. The van der Waals surface area contributed by atoms with Gasteiger partial charge < -0.3 is 5.73 Å². The van der Waals surface area contributed by atoms with Gasteiger partial charge >= 0.3 is 0 Å². The van der Waals surface area contributed by atoms with Crippen LogP contribution in [0.5, 0.6) is 0 Å². The monoisotopic (exact) mass is 215 g/mol. The van der Waals surface area contributed by atoms with E-state index in [0.29, 0.717) is 6.42 Å². The number of nitrogens with two attached hydrogens (primary N) is 1. The predicted octanol–water partition coefficient (Wildman–Crippen LogP) is 3.31. The van der Waals surface area contributed by atoms with Gasteiger partial charge in [0.2, 0.25) is 0 Å². The van der Waals surface area contributed by atoms with Crippen LogP contribution in [0.15, 0.2) is 42.5 Å². The van der Waals surface area contributed by atoms with Crippen molar-refractivity contribution in [1.82, 2.24) is 0 Å². The minimum Gasteiger partial charge on any atom is -0.398 e. The Morgan fingerprint density at radius 2 is 1.94 bits per heavy atom. The van der Waals surface area contributed by atoms with Gasteiger partial charge in [-0.15, -0.1) is 0 Å². The number of anilines is 1. The highest BCUT2D eigenvalue weighted by Gasteiger charge is 2.02. The van der Waals surface area contributed by atoms with E-state index in [2.05, 4.69) is 0 Å². The normalized spacial score (nSPS) is 10.4. The summed E-state index contributed by atoms with van der Waals surface area (Å²) in [5, 5.41) is 0. The van der Waals surface area contributed by atoms with E-state index in [0.717, 1.165) is 22.4 Å². The number of hydrogen-bond acceptors (Lipinski definition) is 1. The van der Waals surface area contributed by atoms with Crippen LogP contribution >= 0.6 is 0 Å². The summed E-state index contributed by atoms with van der Waals surface area (Å²) in [5.41, 5.74) is 9.80. The molecule has 0 spiro atoms. The van der Waals surface area contributed by atoms with Gasteiger partial charge in [0.25, 0.3) is 0 Å². The van der Waals surface area contributed by atoms with Gasteiger partial charge in [-0.3, -0.25) is 0 Å². The Morgan fingerprint density at radius 1 is 1.12 bits per heavy atom. The number of nitrogen functional groups attached to an aromatic ring is 1. The molecule has 2 aromatic rings. The summed E-state index contributed by atoms with van der Waals surface area (Å²) in [5.74, 6) is -0.205. The molecule has 1 nitrogen and oxygen atoms in total. The van der Waals surface area contributed by atoms with Crippen LogP contribution in [0.25, 0.3) is 0 Å². The van der Waals surface area contributed by atoms with Crippen LogP contribution in [-0.2, 0) is 6.42 Å². The number of benzene rings is 2. The molecule has 0 radical (unpaired) electrons. The highest BCUT2D eigenvalue weighted by molar-refractivity contribution is 5.50. The third kappa shape index (κ3) is 2.40. The summed E-state index contributed by atoms with van der Waals surface area (Å²) in [6.45, 7) is 2.00. The highest BCUT2D eigenvalue weighted by atomic mass is 19.1. The molecule has 2 N–H and O–H groups in total. The summed E-state index contributed by atoms with van der Waals surface area (Å²) in [7, 11) is 0. The number of aryl methyl sites for hydroxylation is 1. The lowest BCUT2D eigenvalue weighted by molar-refractivity contribution is 0.626. The maximum atomic E-state index is 13.0. The predicted molar refractivity (Wildman–Crippen MR) is 64.8 cm³/mol. The van der Waals surface area contributed by atoms with E-state index in [1.807, 2.05) is 31.2 Å². The van der Waals surface area contributed by atoms with Crippen molar-refractivity contribution in [1.29, 1.82) is 0 Å². The van der Waals surface area contributed by atoms with Gasteiger partial charge in [0.1, 0.15) is 5.82 Å². The van der Waals surface area contributed by atoms with Crippen molar-refractivity contribution in [3.63, 3.8) is 0 Å². The fourth-order valence-electron chi connectivity index (χ4n) is 1.74. The lowest BCUT2D eigenvalue weighted by atomic mass is 10.0. The molecular formula is C14H14FN. The summed E-state index contributed by atoms with van der Waals surface area (Å²) >= 11 is 0. The summed E-state index contributed by atoms with van der Waals surface area (Å²) in [4.78, 5) is 0. The van der Waals surface area contributed by atoms with E-state index < -0.39 is 0 Å². The molecule has 0 amide bonds. The van der Waals surface area contributed by atoms with Crippen molar-refractivity contribution in [2.75, 3.05) is 5.73 Å². The second-order valence-corrected chi connectivity index (χ2v) is 4.01. The fourth-order valence-corrected chi connectivity index (χ4v) is 1.74. The number of halogens is 1. The van der Waals surface area contributed by atoms with Crippen molar-refractivity contribution >= 4 is 5.69 Å². The van der Waals surface area contributed by atoms with Gasteiger partial charge in [-0.1, -0.05) is 24.3 Å². The first kappa shape index (κ1) is 10.7. The lowest BCUT2D eigenvalue weighted by Gasteiger charge is -2.06. The Balaban J connectivity index is 2.27. The topological polar surface area (TPSA) is 26.0 Å². The molecule has 0 aromatic heterocycles. The Morgan fingerprint density at radius 3 is 2.62 bits per heavy atom. The van der Waals surface area contributed by atoms with E-state index in [-0.39, 0.29) is 5.82 Å². The highest BCUT2D eigenvalue weighted by Crippen LogP contribution is 2.18. The minimum atomic E-state index is -0.205. The van der Waals surface area contributed by atoms with E-state index in [9.17, 15) is 4.39 Å². The molecule has 0 heterocycles. The van der Waals surface area contributed by atoms with Crippen molar-refractivity contribution in [3.8, 4) is 0 Å². The van der Waals surface area contributed by atoms with E-state index in [1.165, 1.54) is 6.07 Å². The Hall–Kier alpha value is -1.83. The van der Waals surface area contributed by atoms with Crippen molar-refractivity contribution in [2.24, 2.45) is 0 Å². The maximum Gasteiger partial charge on any atom is 0.123 e. The SMILES string of the molecule is Cc1ccc(Cc2cccc(F)c2)c(N)c1. The molecule has 16 heavy (non-hydrogen) atoms. The van der Waals surface area contributed by atoms with Gasteiger partial charge in [-0.05, 0) is 48.2 Å². The number of hydrogen-bond donors (Lipinski definition) is 1. The third-order valence-electron chi connectivity index (χ3n) is 2.58. The molecule has 2 heteroatoms. The fraction of sp³-hybridized carbons (Fsp3) is 0.143. The zero-order valence-corrected chi connectivity index (χ0v) is 9.20. The van der Waals surface area contributed by atoms with Gasteiger partial charge in [-0.25, -0.2) is 4.39 Å². The first-order valence-electron chi connectivity index (χ1n) is 5.24. The Labute approximate surface area is 94.7 Å². The quantitative estimate of drug-likeness (QED) is 0.764. The molecule has 0 fully saturated rings. The minimum absolute atomic E-state index is 0.205. The Kier molecular flexibility index (Phi) is 2.91. The average Bonchev–Trinajstić information content (AvgIpc) is 2.22. The molecular weight excluding hydrogens is 201 g/mol. The largest absolute Gasteiger partial charge is 0.398 e. The molecule has 0 atom stereocenters. The van der Waals surface area contributed by atoms with Crippen LogP contribution in [0, 0.1) is 12.7 Å². The van der Waals surface area contributed by atoms with Gasteiger partial charge in [0.05, 0.1) is 0 Å². The van der Waals surface area contributed by atoms with Crippen molar-refractivity contribution in [2.45, 2.75) is 13.3 Å². The van der Waals surface area contributed by atoms with Crippen molar-refractivity contribution in [3.05, 3.63) is 65.0 Å². The zero-order chi connectivity index (χ0) is 11.5. The maximum absolute atomic E-state index is 13.0. The third-order valence-corrected chi connectivity index (χ3v) is 2.58. The zero-order valence-electron chi connectivity index (χ0n) is 9.20. The molecule has 0 saturated heterocycles. The molecule has 0 unspecified atom stereocenters. The molecule has 0 bridgehead atoms. The molecule has 0 aliphatic carbocycles. The first-order valence-corrected chi connectivity index (χ1v) is 5.24. The van der Waals surface area contributed by atoms with E-state index in [4.69, 9.17) is 5.73 Å². The van der Waals surface area contributed by atoms with Crippen molar-refractivity contribution < 1.29 is 4.39 Å². The second kappa shape index (κ2) is 4.35. The summed E-state index contributed by atoms with van der Waals surface area (Å²) in [6.07, 6.45) is 0.671. The molecule has 0 aliphatic rings. The molecule has 2 aromatic carbocycles. The van der Waals surface area contributed by atoms with Crippen LogP contribution in [0.2, 0.25) is 0 Å².